The predicted molar refractivity (Wildman–Crippen MR) is 73.6 cm³/mol. The standard InChI is InChI=1S/C10H22O11P2/c1-10(14,7-9(12)13)6-8(11)4-2-3-5-20-23(18,19)21-22(15,16)17/h8,11,14H,2-7H2,1H3,(H,12,13)(H,18,19)(H2,15,16,17)/p-1. The summed E-state index contributed by atoms with van der Waals surface area (Å²) in [5.41, 5.74) is -1.62. The molecule has 0 radical (unpaired) electrons. The van der Waals surface area contributed by atoms with E-state index in [1.807, 2.05) is 0 Å². The molecule has 0 aromatic rings. The van der Waals surface area contributed by atoms with E-state index in [1.165, 1.54) is 6.92 Å². The zero-order chi connectivity index (χ0) is 18.3. The Bertz CT molecular complexity index is 471. The lowest BCUT2D eigenvalue weighted by atomic mass is 9.93. The molecule has 13 heteroatoms. The van der Waals surface area contributed by atoms with Crippen LogP contribution in [0.4, 0.5) is 0 Å². The Morgan fingerprint density at radius 1 is 1.26 bits per heavy atom. The Morgan fingerprint density at radius 3 is 2.30 bits per heavy atom. The van der Waals surface area contributed by atoms with Gasteiger partial charge in [-0.15, -0.1) is 0 Å². The third-order valence-corrected chi connectivity index (χ3v) is 4.78. The largest absolute Gasteiger partial charge is 0.550 e. The van der Waals surface area contributed by atoms with Crippen molar-refractivity contribution >= 4 is 21.6 Å². The molecule has 0 heterocycles. The summed E-state index contributed by atoms with van der Waals surface area (Å²) in [4.78, 5) is 36.1. The van der Waals surface area contributed by atoms with Crippen molar-refractivity contribution in [2.24, 2.45) is 0 Å². The lowest BCUT2D eigenvalue weighted by Gasteiger charge is -2.26. The molecule has 23 heavy (non-hydrogen) atoms. The molecule has 0 aromatic carbocycles. The molecule has 0 amide bonds. The van der Waals surface area contributed by atoms with Crippen LogP contribution in [0.3, 0.4) is 0 Å². The van der Waals surface area contributed by atoms with Crippen molar-refractivity contribution in [2.45, 2.75) is 50.7 Å². The van der Waals surface area contributed by atoms with E-state index in [-0.39, 0.29) is 25.9 Å². The molecule has 3 atom stereocenters. The number of hydrogen-bond donors (Lipinski definition) is 5. The molecule has 138 valence electrons. The van der Waals surface area contributed by atoms with E-state index < -0.39 is 39.7 Å². The number of phosphoric acid groups is 2. The molecule has 0 aliphatic carbocycles. The van der Waals surface area contributed by atoms with Gasteiger partial charge in [-0.1, -0.05) is 0 Å². The van der Waals surface area contributed by atoms with E-state index in [4.69, 9.17) is 14.7 Å². The van der Waals surface area contributed by atoms with Gasteiger partial charge in [-0.2, -0.15) is 4.31 Å². The van der Waals surface area contributed by atoms with Gasteiger partial charge in [0.2, 0.25) is 0 Å². The van der Waals surface area contributed by atoms with Gasteiger partial charge >= 0.3 is 15.6 Å². The summed E-state index contributed by atoms with van der Waals surface area (Å²) in [6, 6.07) is 0. The first-order chi connectivity index (χ1) is 10.2. The Kier molecular flexibility index (Phi) is 9.08. The van der Waals surface area contributed by atoms with Crippen LogP contribution in [-0.4, -0.2) is 49.2 Å². The Hall–Kier alpha value is -0.350. The van der Waals surface area contributed by atoms with Crippen LogP contribution >= 0.6 is 15.6 Å². The van der Waals surface area contributed by atoms with Crippen LogP contribution in [0.1, 0.15) is 39.0 Å². The van der Waals surface area contributed by atoms with Crippen LogP contribution < -0.4 is 5.11 Å². The van der Waals surface area contributed by atoms with Crippen LogP contribution in [-0.2, 0) is 22.8 Å². The highest BCUT2D eigenvalue weighted by Gasteiger charge is 2.32. The second-order valence-corrected chi connectivity index (χ2v) is 8.10. The van der Waals surface area contributed by atoms with Gasteiger partial charge < -0.3 is 34.8 Å². The first-order valence-corrected chi connectivity index (χ1v) is 9.59. The smallest absolute Gasteiger partial charge is 0.481 e. The Balaban J connectivity index is 3.98. The zero-order valence-electron chi connectivity index (χ0n) is 12.4. The van der Waals surface area contributed by atoms with Gasteiger partial charge in [0.15, 0.2) is 0 Å². The van der Waals surface area contributed by atoms with Crippen molar-refractivity contribution in [3.63, 3.8) is 0 Å². The minimum absolute atomic E-state index is 0.154. The highest BCUT2D eigenvalue weighted by atomic mass is 31.3. The minimum Gasteiger partial charge on any atom is -0.550 e. The molecule has 0 fully saturated rings. The number of carbonyl (C=O) groups excluding carboxylic acids is 1. The summed E-state index contributed by atoms with van der Waals surface area (Å²) in [6.07, 6.45) is -1.21. The van der Waals surface area contributed by atoms with Crippen molar-refractivity contribution in [1.82, 2.24) is 0 Å². The van der Waals surface area contributed by atoms with E-state index in [0.717, 1.165) is 0 Å². The normalized spacial score (nSPS) is 18.9. The number of carbonyl (C=O) groups is 1. The Labute approximate surface area is 132 Å². The van der Waals surface area contributed by atoms with Gasteiger partial charge in [0.05, 0.1) is 18.3 Å². The van der Waals surface area contributed by atoms with Crippen LogP contribution in [0.15, 0.2) is 0 Å². The van der Waals surface area contributed by atoms with Gasteiger partial charge in [-0.3, -0.25) is 4.52 Å². The van der Waals surface area contributed by atoms with Crippen molar-refractivity contribution in [3.05, 3.63) is 0 Å². The number of unbranched alkanes of at least 4 members (excludes halogenated alkanes) is 1. The van der Waals surface area contributed by atoms with E-state index >= 15 is 0 Å². The average Bonchev–Trinajstić information content (AvgIpc) is 2.21. The Morgan fingerprint density at radius 2 is 1.83 bits per heavy atom. The average molecular weight is 379 g/mol. The molecule has 0 spiro atoms. The van der Waals surface area contributed by atoms with Crippen LogP contribution in [0, 0.1) is 0 Å². The molecule has 0 rings (SSSR count). The number of carboxylic acid groups (broad SMARTS) is 1. The summed E-state index contributed by atoms with van der Waals surface area (Å²) < 4.78 is 29.4. The molecule has 0 saturated heterocycles. The van der Waals surface area contributed by atoms with Gasteiger partial charge in [-0.25, -0.2) is 9.13 Å². The second-order valence-electron chi connectivity index (χ2n) is 5.27. The first kappa shape index (κ1) is 22.6. The third-order valence-electron chi connectivity index (χ3n) is 2.60. The summed E-state index contributed by atoms with van der Waals surface area (Å²) in [7, 11) is -10.0. The van der Waals surface area contributed by atoms with Crippen LogP contribution in [0.25, 0.3) is 0 Å². The van der Waals surface area contributed by atoms with Crippen molar-refractivity contribution in [3.8, 4) is 0 Å². The quantitative estimate of drug-likeness (QED) is 0.207. The van der Waals surface area contributed by atoms with Crippen LogP contribution in [0.5, 0.6) is 0 Å². The number of carboxylic acids is 1. The van der Waals surface area contributed by atoms with E-state index in [0.29, 0.717) is 6.42 Å². The fourth-order valence-electron chi connectivity index (χ4n) is 1.81. The molecule has 0 aliphatic rings. The van der Waals surface area contributed by atoms with Gasteiger partial charge in [0.1, 0.15) is 0 Å². The van der Waals surface area contributed by atoms with E-state index in [2.05, 4.69) is 8.83 Å². The summed E-state index contributed by atoms with van der Waals surface area (Å²) in [5.74, 6) is -1.45. The molecular weight excluding hydrogens is 358 g/mol. The van der Waals surface area contributed by atoms with E-state index in [9.17, 15) is 29.2 Å². The number of aliphatic carboxylic acids is 1. The SMILES string of the molecule is CC(O)(CC(=O)[O-])CC(O)CCCCOP(=O)(O)OP(=O)(O)O. The maximum absolute atomic E-state index is 11.1. The first-order valence-electron chi connectivity index (χ1n) is 6.57. The number of aliphatic hydroxyl groups is 2. The molecule has 5 N–H and O–H groups in total. The summed E-state index contributed by atoms with van der Waals surface area (Å²) >= 11 is 0. The number of aliphatic hydroxyl groups excluding tert-OH is 1. The maximum Gasteiger partial charge on any atom is 0.481 e. The van der Waals surface area contributed by atoms with Crippen molar-refractivity contribution in [1.29, 1.82) is 0 Å². The predicted octanol–water partition coefficient (Wildman–Crippen LogP) is -0.975. The maximum atomic E-state index is 11.1. The minimum atomic E-state index is -5.15. The summed E-state index contributed by atoms with van der Waals surface area (Å²) in [5, 5.41) is 29.8. The second kappa shape index (κ2) is 9.22. The molecular formula is C10H21O11P2-. The molecule has 0 bridgehead atoms. The number of hydrogen-bond acceptors (Lipinski definition) is 8. The topological polar surface area (TPSA) is 194 Å². The third kappa shape index (κ3) is 13.8. The monoisotopic (exact) mass is 379 g/mol. The highest BCUT2D eigenvalue weighted by Crippen LogP contribution is 2.57. The van der Waals surface area contributed by atoms with Crippen LogP contribution in [0.2, 0.25) is 0 Å². The lowest BCUT2D eigenvalue weighted by molar-refractivity contribution is -0.309. The van der Waals surface area contributed by atoms with Gasteiger partial charge in [0, 0.05) is 18.8 Å². The van der Waals surface area contributed by atoms with Crippen molar-refractivity contribution < 1.29 is 52.8 Å². The fourth-order valence-corrected chi connectivity index (χ4v) is 3.44. The fraction of sp³-hybridized carbons (Fsp3) is 0.900. The molecule has 11 nitrogen and oxygen atoms in total. The molecule has 0 aliphatic heterocycles. The molecule has 0 saturated carbocycles. The zero-order valence-corrected chi connectivity index (χ0v) is 14.2. The summed E-state index contributed by atoms with van der Waals surface area (Å²) in [6.45, 7) is 0.895. The van der Waals surface area contributed by atoms with Crippen molar-refractivity contribution in [2.75, 3.05) is 6.61 Å². The van der Waals surface area contributed by atoms with E-state index in [1.54, 1.807) is 0 Å². The highest BCUT2D eigenvalue weighted by molar-refractivity contribution is 7.60. The molecule has 0 aromatic heterocycles. The lowest BCUT2D eigenvalue weighted by Crippen LogP contribution is -2.37. The number of rotatable bonds is 12. The number of phosphoric ester groups is 1. The van der Waals surface area contributed by atoms with Gasteiger partial charge in [-0.05, 0) is 26.2 Å². The molecule has 3 unspecified atom stereocenters. The van der Waals surface area contributed by atoms with Gasteiger partial charge in [0.25, 0.3) is 0 Å².